The largest absolute Gasteiger partial charge is 0.357 e. The van der Waals surface area contributed by atoms with Crippen molar-refractivity contribution < 1.29 is 8.78 Å². The molecule has 21 heavy (non-hydrogen) atoms. The Bertz CT molecular complexity index is 773. The van der Waals surface area contributed by atoms with Crippen molar-refractivity contribution >= 4 is 5.95 Å². The lowest BCUT2D eigenvalue weighted by atomic mass is 10.2. The number of rotatable bonds is 3. The molecule has 0 bridgehead atoms. The minimum atomic E-state index is -0.971. The molecule has 1 aromatic carbocycles. The fraction of sp³-hybridized carbons (Fsp3) is 0.0833. The molecule has 0 aliphatic carbocycles. The molecule has 3 rings (SSSR count). The molecule has 7 nitrogen and oxygen atoms in total. The standard InChI is InChI=1S/C12H9F2N7/c1-15-11-18-10(7-2-3-8(13)9(14)4-7)19-12(20-11)21-6-16-5-17-21/h2-6H,1H3,(H,15,18,19,20). The highest BCUT2D eigenvalue weighted by molar-refractivity contribution is 5.57. The van der Waals surface area contributed by atoms with Crippen molar-refractivity contribution in [2.24, 2.45) is 0 Å². The van der Waals surface area contributed by atoms with Crippen LogP contribution in [0.5, 0.6) is 0 Å². The van der Waals surface area contributed by atoms with Crippen LogP contribution in [0.15, 0.2) is 30.9 Å². The van der Waals surface area contributed by atoms with E-state index in [1.807, 2.05) is 0 Å². The first-order valence-electron chi connectivity index (χ1n) is 5.91. The molecule has 0 aliphatic rings. The van der Waals surface area contributed by atoms with Crippen LogP contribution in [0.3, 0.4) is 0 Å². The number of nitrogens with one attached hydrogen (secondary N) is 1. The van der Waals surface area contributed by atoms with Crippen LogP contribution in [0.1, 0.15) is 0 Å². The van der Waals surface area contributed by atoms with E-state index >= 15 is 0 Å². The predicted octanol–water partition coefficient (Wildman–Crippen LogP) is 1.44. The third kappa shape index (κ3) is 2.53. The van der Waals surface area contributed by atoms with Crippen molar-refractivity contribution in [2.45, 2.75) is 0 Å². The third-order valence-electron chi connectivity index (χ3n) is 2.65. The molecule has 2 aromatic heterocycles. The summed E-state index contributed by atoms with van der Waals surface area (Å²) in [4.78, 5) is 16.2. The number of aromatic nitrogens is 6. The van der Waals surface area contributed by atoms with Crippen LogP contribution in [0.4, 0.5) is 14.7 Å². The van der Waals surface area contributed by atoms with Gasteiger partial charge in [0.25, 0.3) is 5.95 Å². The molecule has 0 fully saturated rings. The van der Waals surface area contributed by atoms with Crippen LogP contribution in [0.25, 0.3) is 17.3 Å². The fourth-order valence-electron chi connectivity index (χ4n) is 1.65. The van der Waals surface area contributed by atoms with Gasteiger partial charge >= 0.3 is 0 Å². The summed E-state index contributed by atoms with van der Waals surface area (Å²) in [6, 6.07) is 3.43. The van der Waals surface area contributed by atoms with Gasteiger partial charge in [-0.05, 0) is 18.2 Å². The summed E-state index contributed by atoms with van der Waals surface area (Å²) in [5.41, 5.74) is 0.328. The maximum absolute atomic E-state index is 13.3. The lowest BCUT2D eigenvalue weighted by Crippen LogP contribution is -2.08. The fourth-order valence-corrected chi connectivity index (χ4v) is 1.65. The molecular formula is C12H9F2N7. The highest BCUT2D eigenvalue weighted by Crippen LogP contribution is 2.19. The summed E-state index contributed by atoms with van der Waals surface area (Å²) in [5, 5.41) is 6.69. The van der Waals surface area contributed by atoms with E-state index in [1.165, 1.54) is 23.4 Å². The number of hydrogen-bond donors (Lipinski definition) is 1. The highest BCUT2D eigenvalue weighted by atomic mass is 19.2. The number of nitrogens with zero attached hydrogens (tertiary/aromatic N) is 6. The van der Waals surface area contributed by atoms with E-state index < -0.39 is 11.6 Å². The van der Waals surface area contributed by atoms with Gasteiger partial charge in [-0.25, -0.2) is 13.8 Å². The quantitative estimate of drug-likeness (QED) is 0.785. The molecule has 0 spiro atoms. The van der Waals surface area contributed by atoms with Crippen molar-refractivity contribution in [3.63, 3.8) is 0 Å². The molecular weight excluding hydrogens is 280 g/mol. The summed E-state index contributed by atoms with van der Waals surface area (Å²) >= 11 is 0. The van der Waals surface area contributed by atoms with Gasteiger partial charge in [-0.15, -0.1) is 0 Å². The summed E-state index contributed by atoms with van der Waals surface area (Å²) in [7, 11) is 1.63. The highest BCUT2D eigenvalue weighted by Gasteiger charge is 2.12. The minimum Gasteiger partial charge on any atom is -0.357 e. The Morgan fingerprint density at radius 3 is 2.62 bits per heavy atom. The van der Waals surface area contributed by atoms with Gasteiger partial charge in [-0.3, -0.25) is 0 Å². The molecule has 9 heteroatoms. The topological polar surface area (TPSA) is 81.4 Å². The van der Waals surface area contributed by atoms with Crippen molar-refractivity contribution in [3.05, 3.63) is 42.5 Å². The van der Waals surface area contributed by atoms with E-state index in [2.05, 4.69) is 30.4 Å². The SMILES string of the molecule is CNc1nc(-c2ccc(F)c(F)c2)nc(-n2cncn2)n1. The monoisotopic (exact) mass is 289 g/mol. The van der Waals surface area contributed by atoms with E-state index in [4.69, 9.17) is 0 Å². The zero-order chi connectivity index (χ0) is 14.8. The zero-order valence-corrected chi connectivity index (χ0v) is 10.8. The lowest BCUT2D eigenvalue weighted by Gasteiger charge is -2.06. The van der Waals surface area contributed by atoms with E-state index in [1.54, 1.807) is 7.05 Å². The number of hydrogen-bond acceptors (Lipinski definition) is 6. The Balaban J connectivity index is 2.13. The summed E-state index contributed by atoms with van der Waals surface area (Å²) < 4.78 is 27.7. The Morgan fingerprint density at radius 2 is 1.95 bits per heavy atom. The maximum atomic E-state index is 13.3. The van der Waals surface area contributed by atoms with Crippen LogP contribution in [-0.4, -0.2) is 36.8 Å². The van der Waals surface area contributed by atoms with Crippen molar-refractivity contribution in [1.29, 1.82) is 0 Å². The molecule has 1 N–H and O–H groups in total. The Hall–Kier alpha value is -2.97. The second kappa shape index (κ2) is 5.19. The third-order valence-corrected chi connectivity index (χ3v) is 2.65. The van der Waals surface area contributed by atoms with E-state index in [-0.39, 0.29) is 17.7 Å². The van der Waals surface area contributed by atoms with Gasteiger partial charge in [0.2, 0.25) is 5.95 Å². The predicted molar refractivity (Wildman–Crippen MR) is 69.6 cm³/mol. The number of halogens is 2. The van der Waals surface area contributed by atoms with Gasteiger partial charge < -0.3 is 5.32 Å². The van der Waals surface area contributed by atoms with Crippen molar-refractivity contribution in [2.75, 3.05) is 12.4 Å². The molecule has 0 amide bonds. The van der Waals surface area contributed by atoms with E-state index in [0.717, 1.165) is 12.1 Å². The van der Waals surface area contributed by atoms with Gasteiger partial charge in [0.15, 0.2) is 17.5 Å². The van der Waals surface area contributed by atoms with Crippen molar-refractivity contribution in [3.8, 4) is 17.3 Å². The van der Waals surface area contributed by atoms with Crippen LogP contribution < -0.4 is 5.32 Å². The van der Waals surface area contributed by atoms with Gasteiger partial charge in [0, 0.05) is 12.6 Å². The first-order chi connectivity index (χ1) is 10.2. The average molecular weight is 289 g/mol. The Labute approximate surface area is 117 Å². The Morgan fingerprint density at radius 1 is 1.10 bits per heavy atom. The van der Waals surface area contributed by atoms with Crippen molar-refractivity contribution in [1.82, 2.24) is 29.7 Å². The smallest absolute Gasteiger partial charge is 0.257 e. The number of benzene rings is 1. The van der Waals surface area contributed by atoms with Gasteiger partial charge in [0.1, 0.15) is 12.7 Å². The lowest BCUT2D eigenvalue weighted by molar-refractivity contribution is 0.509. The molecule has 3 aromatic rings. The van der Waals surface area contributed by atoms with Crippen LogP contribution in [0.2, 0.25) is 0 Å². The molecule has 106 valence electrons. The number of anilines is 1. The van der Waals surface area contributed by atoms with Gasteiger partial charge in [0.05, 0.1) is 0 Å². The normalized spacial score (nSPS) is 10.6. The molecule has 0 saturated heterocycles. The molecule has 0 unspecified atom stereocenters. The van der Waals surface area contributed by atoms with E-state index in [9.17, 15) is 8.78 Å². The average Bonchev–Trinajstić information content (AvgIpc) is 3.04. The molecule has 0 aliphatic heterocycles. The summed E-state index contributed by atoms with van der Waals surface area (Å²) in [6.45, 7) is 0. The maximum Gasteiger partial charge on any atom is 0.257 e. The van der Waals surface area contributed by atoms with Crippen LogP contribution in [0, 0.1) is 11.6 Å². The van der Waals surface area contributed by atoms with Crippen LogP contribution in [-0.2, 0) is 0 Å². The first-order valence-corrected chi connectivity index (χ1v) is 5.91. The Kier molecular flexibility index (Phi) is 3.22. The van der Waals surface area contributed by atoms with Crippen LogP contribution >= 0.6 is 0 Å². The summed E-state index contributed by atoms with van der Waals surface area (Å²) in [5.74, 6) is -1.22. The second-order valence-corrected chi connectivity index (χ2v) is 4.00. The first kappa shape index (κ1) is 13.0. The molecule has 2 heterocycles. The molecule has 0 saturated carbocycles. The minimum absolute atomic E-state index is 0.193. The zero-order valence-electron chi connectivity index (χ0n) is 10.8. The second-order valence-electron chi connectivity index (χ2n) is 4.00. The van der Waals surface area contributed by atoms with E-state index in [0.29, 0.717) is 5.56 Å². The molecule has 0 atom stereocenters. The molecule has 0 radical (unpaired) electrons. The van der Waals surface area contributed by atoms with Gasteiger partial charge in [-0.2, -0.15) is 24.7 Å². The summed E-state index contributed by atoms with van der Waals surface area (Å²) in [6.07, 6.45) is 2.75. The van der Waals surface area contributed by atoms with Gasteiger partial charge in [-0.1, -0.05) is 0 Å².